The van der Waals surface area contributed by atoms with E-state index in [1.54, 1.807) is 30.3 Å². The zero-order valence-electron chi connectivity index (χ0n) is 15.6. The van der Waals surface area contributed by atoms with Gasteiger partial charge in [-0.15, -0.1) is 6.58 Å². The molecular weight excluding hydrogens is 360 g/mol. The fraction of sp³-hybridized carbons (Fsp3) is 0.273. The number of ketones is 1. The van der Waals surface area contributed by atoms with Crippen molar-refractivity contribution in [3.8, 4) is 0 Å². The van der Waals surface area contributed by atoms with E-state index < -0.39 is 17.7 Å². The molecule has 0 unspecified atom stereocenters. The van der Waals surface area contributed by atoms with Gasteiger partial charge in [0, 0.05) is 18.1 Å². The van der Waals surface area contributed by atoms with Crippen LogP contribution in [-0.4, -0.2) is 42.0 Å². The first-order valence-electron chi connectivity index (χ1n) is 8.89. The first-order valence-corrected chi connectivity index (χ1v) is 8.89. The molecule has 2 atom stereocenters. The maximum Gasteiger partial charge on any atom is 0.338 e. The fourth-order valence-electron chi connectivity index (χ4n) is 2.99. The Morgan fingerprint density at radius 3 is 2.86 bits per heavy atom. The maximum atomic E-state index is 12.2. The lowest BCUT2D eigenvalue weighted by Crippen LogP contribution is -2.34. The van der Waals surface area contributed by atoms with Gasteiger partial charge in [-0.05, 0) is 30.7 Å². The van der Waals surface area contributed by atoms with Crippen LogP contribution in [0.3, 0.4) is 0 Å². The molecule has 1 N–H and O–H groups in total. The van der Waals surface area contributed by atoms with Gasteiger partial charge in [-0.1, -0.05) is 30.4 Å². The molecule has 1 aromatic carbocycles. The highest BCUT2D eigenvalue weighted by atomic mass is 16.7. The molecule has 0 saturated carbocycles. The average Bonchev–Trinajstić information content (AvgIpc) is 3.12. The van der Waals surface area contributed by atoms with E-state index in [1.165, 1.54) is 12.2 Å². The fourth-order valence-corrected chi connectivity index (χ4v) is 2.99. The number of hydrogen-bond acceptors (Lipinski definition) is 6. The quantitative estimate of drug-likeness (QED) is 0.577. The van der Waals surface area contributed by atoms with Crippen LogP contribution in [0.4, 0.5) is 0 Å². The number of allylic oxidation sites excluding steroid dienone is 1. The number of benzene rings is 1. The minimum atomic E-state index is -1.08. The van der Waals surface area contributed by atoms with E-state index >= 15 is 0 Å². The number of carbonyl (C=O) groups is 2. The molecule has 1 aliphatic carbocycles. The maximum absolute atomic E-state index is 12.2. The summed E-state index contributed by atoms with van der Waals surface area (Å²) in [6.07, 6.45) is 5.37. The lowest BCUT2D eigenvalue weighted by molar-refractivity contribution is -0.112. The Morgan fingerprint density at radius 2 is 2.14 bits per heavy atom. The summed E-state index contributed by atoms with van der Waals surface area (Å²) < 4.78 is 16.5. The first-order chi connectivity index (χ1) is 13.4. The molecule has 0 spiro atoms. The molecule has 0 radical (unpaired) electrons. The summed E-state index contributed by atoms with van der Waals surface area (Å²) in [7, 11) is 0. The summed E-state index contributed by atoms with van der Waals surface area (Å²) >= 11 is 0. The van der Waals surface area contributed by atoms with Gasteiger partial charge < -0.3 is 19.3 Å². The molecule has 1 aromatic rings. The molecule has 28 heavy (non-hydrogen) atoms. The summed E-state index contributed by atoms with van der Waals surface area (Å²) in [5.41, 5.74) is 0.552. The Labute approximate surface area is 163 Å². The Bertz CT molecular complexity index is 864. The van der Waals surface area contributed by atoms with E-state index in [2.05, 4.69) is 6.58 Å². The van der Waals surface area contributed by atoms with Crippen molar-refractivity contribution in [3.63, 3.8) is 0 Å². The molecule has 6 heteroatoms. The normalized spacial score (nSPS) is 22.5. The Balaban J connectivity index is 1.69. The molecule has 2 aliphatic rings. The second-order valence-electron chi connectivity index (χ2n) is 6.65. The summed E-state index contributed by atoms with van der Waals surface area (Å²) in [5, 5.41) is 10.0. The number of esters is 1. The largest absolute Gasteiger partial charge is 0.468 e. The third kappa shape index (κ3) is 4.13. The lowest BCUT2D eigenvalue weighted by atomic mass is 9.85. The van der Waals surface area contributed by atoms with Crippen molar-refractivity contribution >= 4 is 11.8 Å². The standard InChI is InChI=1S/C22H22O6/c1-3-18(23)17-12-22(20(11-19(17)24)27-14-28-22)10-9-15(2)13-26-21(25)16-7-5-4-6-8-16/h3-9,11-12,18,23H,1,10,13-14H2,2H3/b15-9-/t18-,22+/m0/s1. The molecule has 1 saturated heterocycles. The van der Waals surface area contributed by atoms with E-state index in [0.717, 1.165) is 5.57 Å². The summed E-state index contributed by atoms with van der Waals surface area (Å²) in [6.45, 7) is 5.51. The van der Waals surface area contributed by atoms with Crippen molar-refractivity contribution in [1.82, 2.24) is 0 Å². The Kier molecular flexibility index (Phi) is 5.92. The second-order valence-corrected chi connectivity index (χ2v) is 6.65. The highest BCUT2D eigenvalue weighted by Gasteiger charge is 2.44. The predicted octanol–water partition coefficient (Wildman–Crippen LogP) is 2.86. The number of hydrogen-bond donors (Lipinski definition) is 1. The van der Waals surface area contributed by atoms with Crippen molar-refractivity contribution in [2.45, 2.75) is 25.0 Å². The van der Waals surface area contributed by atoms with E-state index in [4.69, 9.17) is 14.2 Å². The average molecular weight is 382 g/mol. The number of aliphatic hydroxyl groups excluding tert-OH is 1. The van der Waals surface area contributed by atoms with Crippen molar-refractivity contribution in [2.75, 3.05) is 13.4 Å². The second kappa shape index (κ2) is 8.37. The van der Waals surface area contributed by atoms with Crippen LogP contribution in [0.15, 0.2) is 78.1 Å². The minimum Gasteiger partial charge on any atom is -0.468 e. The van der Waals surface area contributed by atoms with E-state index in [-0.39, 0.29) is 24.8 Å². The van der Waals surface area contributed by atoms with Crippen LogP contribution in [0.25, 0.3) is 0 Å². The Morgan fingerprint density at radius 1 is 1.39 bits per heavy atom. The number of ether oxygens (including phenoxy) is 3. The highest BCUT2D eigenvalue weighted by molar-refractivity contribution is 6.06. The summed E-state index contributed by atoms with van der Waals surface area (Å²) in [6, 6.07) is 8.76. The summed E-state index contributed by atoms with van der Waals surface area (Å²) in [4.78, 5) is 24.2. The molecule has 0 amide bonds. The van der Waals surface area contributed by atoms with Crippen LogP contribution in [0.5, 0.6) is 0 Å². The molecule has 0 bridgehead atoms. The Hall–Kier alpha value is -2.96. The van der Waals surface area contributed by atoms with Crippen molar-refractivity contribution in [3.05, 3.63) is 83.7 Å². The van der Waals surface area contributed by atoms with Gasteiger partial charge in [-0.25, -0.2) is 4.79 Å². The topological polar surface area (TPSA) is 82.1 Å². The zero-order chi connectivity index (χ0) is 20.1. The van der Waals surface area contributed by atoms with E-state index in [1.807, 2.05) is 19.1 Å². The van der Waals surface area contributed by atoms with Gasteiger partial charge in [0.1, 0.15) is 18.5 Å². The molecule has 1 aliphatic heterocycles. The molecule has 1 fully saturated rings. The number of rotatable bonds is 7. The smallest absolute Gasteiger partial charge is 0.338 e. The van der Waals surface area contributed by atoms with E-state index in [0.29, 0.717) is 17.7 Å². The molecule has 1 heterocycles. The third-order valence-corrected chi connectivity index (χ3v) is 4.62. The van der Waals surface area contributed by atoms with Gasteiger partial charge in [0.05, 0.1) is 5.56 Å². The molecule has 3 rings (SSSR count). The first kappa shape index (κ1) is 19.8. The lowest BCUT2D eigenvalue weighted by Gasteiger charge is -2.27. The SMILES string of the molecule is C=C[C@H](O)C1=C[C@@]2(C/C=C(/C)COC(=O)c3ccccc3)OCOC2=CC1=O. The van der Waals surface area contributed by atoms with Crippen molar-refractivity contribution < 1.29 is 28.9 Å². The molecule has 6 nitrogen and oxygen atoms in total. The van der Waals surface area contributed by atoms with Crippen molar-refractivity contribution in [1.29, 1.82) is 0 Å². The number of carbonyl (C=O) groups excluding carboxylic acids is 2. The monoisotopic (exact) mass is 382 g/mol. The summed E-state index contributed by atoms with van der Waals surface area (Å²) in [5.74, 6) is -0.323. The third-order valence-electron chi connectivity index (χ3n) is 4.62. The van der Waals surface area contributed by atoms with Gasteiger partial charge in [0.2, 0.25) is 0 Å². The minimum absolute atomic E-state index is 0.0168. The zero-order valence-corrected chi connectivity index (χ0v) is 15.6. The van der Waals surface area contributed by atoms with Gasteiger partial charge in [0.15, 0.2) is 18.2 Å². The number of aliphatic hydroxyl groups is 1. The van der Waals surface area contributed by atoms with Gasteiger partial charge >= 0.3 is 5.97 Å². The number of fused-ring (bicyclic) bond motifs is 1. The van der Waals surface area contributed by atoms with Crippen LogP contribution in [-0.2, 0) is 19.0 Å². The van der Waals surface area contributed by atoms with Crippen LogP contribution in [0.2, 0.25) is 0 Å². The van der Waals surface area contributed by atoms with Gasteiger partial charge in [-0.3, -0.25) is 4.79 Å². The predicted molar refractivity (Wildman–Crippen MR) is 102 cm³/mol. The van der Waals surface area contributed by atoms with Crippen LogP contribution in [0, 0.1) is 0 Å². The van der Waals surface area contributed by atoms with Crippen LogP contribution >= 0.6 is 0 Å². The van der Waals surface area contributed by atoms with Crippen LogP contribution < -0.4 is 0 Å². The molecular formula is C22H22O6. The molecule has 0 aromatic heterocycles. The highest BCUT2D eigenvalue weighted by Crippen LogP contribution is 2.39. The van der Waals surface area contributed by atoms with Crippen molar-refractivity contribution in [2.24, 2.45) is 0 Å². The van der Waals surface area contributed by atoms with Gasteiger partial charge in [0.25, 0.3) is 0 Å². The molecule has 146 valence electrons. The van der Waals surface area contributed by atoms with Gasteiger partial charge in [-0.2, -0.15) is 0 Å². The van der Waals surface area contributed by atoms with E-state index in [9.17, 15) is 14.7 Å². The van der Waals surface area contributed by atoms with Crippen LogP contribution in [0.1, 0.15) is 23.7 Å².